The molecule has 0 aliphatic rings. The van der Waals surface area contributed by atoms with Crippen molar-refractivity contribution in [3.63, 3.8) is 0 Å². The zero-order valence-electron chi connectivity index (χ0n) is 12.8. The minimum Gasteiger partial charge on any atom is -0.361 e. The standard InChI is InChI=1S/C17H20N4O/c1-3-14(16-8-9-19-21(16)2)20-17(22)10-12-11-18-15-7-5-4-6-13(12)15/h4-9,11,14,18H,3,10H2,1-2H3,(H,20,22)/t14-/m1/s1. The van der Waals surface area contributed by atoms with Crippen LogP contribution in [0, 0.1) is 0 Å². The fourth-order valence-corrected chi connectivity index (χ4v) is 2.81. The molecule has 1 amide bonds. The number of fused-ring (bicyclic) bond motifs is 1. The van der Waals surface area contributed by atoms with Crippen LogP contribution in [0.5, 0.6) is 0 Å². The number of aryl methyl sites for hydroxylation is 1. The van der Waals surface area contributed by atoms with Crippen LogP contribution in [-0.4, -0.2) is 20.7 Å². The maximum atomic E-state index is 12.4. The lowest BCUT2D eigenvalue weighted by Crippen LogP contribution is -2.30. The second-order valence-corrected chi connectivity index (χ2v) is 5.44. The number of benzene rings is 1. The Morgan fingerprint density at radius 3 is 2.91 bits per heavy atom. The number of amides is 1. The number of aromatic amines is 1. The summed E-state index contributed by atoms with van der Waals surface area (Å²) in [5.41, 5.74) is 3.10. The molecule has 22 heavy (non-hydrogen) atoms. The maximum absolute atomic E-state index is 12.4. The summed E-state index contributed by atoms with van der Waals surface area (Å²) in [7, 11) is 1.89. The Hall–Kier alpha value is -2.56. The van der Waals surface area contributed by atoms with Crippen LogP contribution in [0.3, 0.4) is 0 Å². The highest BCUT2D eigenvalue weighted by molar-refractivity contribution is 5.88. The second-order valence-electron chi connectivity index (χ2n) is 5.44. The van der Waals surface area contributed by atoms with Crippen LogP contribution >= 0.6 is 0 Å². The van der Waals surface area contributed by atoms with Gasteiger partial charge in [0, 0.05) is 30.3 Å². The predicted molar refractivity (Wildman–Crippen MR) is 86.4 cm³/mol. The molecule has 0 aliphatic heterocycles. The van der Waals surface area contributed by atoms with Gasteiger partial charge in [-0.2, -0.15) is 5.10 Å². The van der Waals surface area contributed by atoms with Gasteiger partial charge in [-0.15, -0.1) is 0 Å². The lowest BCUT2D eigenvalue weighted by atomic mass is 10.1. The molecule has 2 heterocycles. The van der Waals surface area contributed by atoms with E-state index in [2.05, 4.69) is 22.3 Å². The molecular weight excluding hydrogens is 276 g/mol. The predicted octanol–water partition coefficient (Wildman–Crippen LogP) is 2.71. The number of hydrogen-bond acceptors (Lipinski definition) is 2. The molecule has 0 spiro atoms. The molecule has 0 unspecified atom stereocenters. The first-order valence-corrected chi connectivity index (χ1v) is 7.51. The molecule has 0 fully saturated rings. The van der Waals surface area contributed by atoms with Gasteiger partial charge in [0.15, 0.2) is 0 Å². The fraction of sp³-hybridized carbons (Fsp3) is 0.294. The Labute approximate surface area is 129 Å². The van der Waals surface area contributed by atoms with E-state index >= 15 is 0 Å². The number of carbonyl (C=O) groups excluding carboxylic acids is 1. The van der Waals surface area contributed by atoms with Gasteiger partial charge in [0.1, 0.15) is 0 Å². The van der Waals surface area contributed by atoms with Crippen molar-refractivity contribution in [1.29, 1.82) is 0 Å². The Morgan fingerprint density at radius 2 is 2.18 bits per heavy atom. The number of H-pyrrole nitrogens is 1. The Morgan fingerprint density at radius 1 is 1.36 bits per heavy atom. The number of nitrogens with zero attached hydrogens (tertiary/aromatic N) is 2. The van der Waals surface area contributed by atoms with E-state index in [1.54, 1.807) is 10.9 Å². The smallest absolute Gasteiger partial charge is 0.225 e. The number of carbonyl (C=O) groups is 1. The Balaban J connectivity index is 1.73. The van der Waals surface area contributed by atoms with Crippen LogP contribution in [0.1, 0.15) is 30.6 Å². The molecule has 0 aliphatic carbocycles. The Kier molecular flexibility index (Phi) is 3.96. The summed E-state index contributed by atoms with van der Waals surface area (Å²) < 4.78 is 1.81. The third-order valence-corrected chi connectivity index (χ3v) is 3.99. The van der Waals surface area contributed by atoms with Crippen LogP contribution in [0.4, 0.5) is 0 Å². The highest BCUT2D eigenvalue weighted by Gasteiger charge is 2.16. The van der Waals surface area contributed by atoms with Gasteiger partial charge in [-0.3, -0.25) is 9.48 Å². The normalized spacial score (nSPS) is 12.5. The SMILES string of the molecule is CC[C@@H](NC(=O)Cc1c[nH]c2ccccc12)c1ccnn1C. The zero-order chi connectivity index (χ0) is 15.5. The summed E-state index contributed by atoms with van der Waals surface area (Å²) >= 11 is 0. The third kappa shape index (κ3) is 2.74. The zero-order valence-corrected chi connectivity index (χ0v) is 12.8. The molecule has 2 aromatic heterocycles. The molecule has 2 N–H and O–H groups in total. The van der Waals surface area contributed by atoms with Gasteiger partial charge in [-0.1, -0.05) is 25.1 Å². The van der Waals surface area contributed by atoms with E-state index in [-0.39, 0.29) is 11.9 Å². The minimum absolute atomic E-state index is 0.00907. The third-order valence-electron chi connectivity index (χ3n) is 3.99. The molecule has 0 saturated carbocycles. The van der Waals surface area contributed by atoms with E-state index in [1.807, 2.05) is 43.6 Å². The lowest BCUT2D eigenvalue weighted by molar-refractivity contribution is -0.121. The number of rotatable bonds is 5. The quantitative estimate of drug-likeness (QED) is 0.760. The summed E-state index contributed by atoms with van der Waals surface area (Å²) in [6.45, 7) is 2.06. The van der Waals surface area contributed by atoms with E-state index in [9.17, 15) is 4.79 Å². The first-order valence-electron chi connectivity index (χ1n) is 7.51. The summed E-state index contributed by atoms with van der Waals surface area (Å²) in [4.78, 5) is 15.6. The van der Waals surface area contributed by atoms with Gasteiger partial charge < -0.3 is 10.3 Å². The van der Waals surface area contributed by atoms with Gasteiger partial charge in [0.2, 0.25) is 5.91 Å². The van der Waals surface area contributed by atoms with Crippen LogP contribution < -0.4 is 5.32 Å². The molecule has 3 aromatic rings. The molecule has 5 heteroatoms. The van der Waals surface area contributed by atoms with Crippen molar-refractivity contribution in [3.05, 3.63) is 54.0 Å². The molecule has 1 aromatic carbocycles. The van der Waals surface area contributed by atoms with Crippen LogP contribution in [0.15, 0.2) is 42.7 Å². The molecule has 5 nitrogen and oxygen atoms in total. The maximum Gasteiger partial charge on any atom is 0.225 e. The van der Waals surface area contributed by atoms with Gasteiger partial charge in [0.05, 0.1) is 18.2 Å². The van der Waals surface area contributed by atoms with Crippen molar-refractivity contribution in [2.24, 2.45) is 7.05 Å². The molecule has 0 bridgehead atoms. The average Bonchev–Trinajstić information content (AvgIpc) is 3.12. The number of hydrogen-bond donors (Lipinski definition) is 2. The first kappa shape index (κ1) is 14.4. The van der Waals surface area contributed by atoms with E-state index in [4.69, 9.17) is 0 Å². The van der Waals surface area contributed by atoms with Crippen molar-refractivity contribution in [1.82, 2.24) is 20.1 Å². The van der Waals surface area contributed by atoms with E-state index in [1.165, 1.54) is 0 Å². The van der Waals surface area contributed by atoms with Crippen molar-refractivity contribution in [2.75, 3.05) is 0 Å². The summed E-state index contributed by atoms with van der Waals surface area (Å²) in [6.07, 6.45) is 4.87. The first-order chi connectivity index (χ1) is 10.7. The molecule has 3 rings (SSSR count). The highest BCUT2D eigenvalue weighted by atomic mass is 16.1. The average molecular weight is 296 g/mol. The van der Waals surface area contributed by atoms with Crippen molar-refractivity contribution in [3.8, 4) is 0 Å². The van der Waals surface area contributed by atoms with E-state index < -0.39 is 0 Å². The highest BCUT2D eigenvalue weighted by Crippen LogP contribution is 2.19. The number of aromatic nitrogens is 3. The topological polar surface area (TPSA) is 62.7 Å². The molecule has 114 valence electrons. The van der Waals surface area contributed by atoms with Crippen molar-refractivity contribution >= 4 is 16.8 Å². The second kappa shape index (κ2) is 6.05. The lowest BCUT2D eigenvalue weighted by Gasteiger charge is -2.17. The Bertz CT molecular complexity index is 787. The van der Waals surface area contributed by atoms with E-state index in [0.717, 1.165) is 28.6 Å². The molecular formula is C17H20N4O. The molecule has 1 atom stereocenters. The van der Waals surface area contributed by atoms with Gasteiger partial charge in [0.25, 0.3) is 0 Å². The molecule has 0 radical (unpaired) electrons. The monoisotopic (exact) mass is 296 g/mol. The van der Waals surface area contributed by atoms with Crippen molar-refractivity contribution in [2.45, 2.75) is 25.8 Å². The molecule has 0 saturated heterocycles. The largest absolute Gasteiger partial charge is 0.361 e. The van der Waals surface area contributed by atoms with Crippen LogP contribution in [-0.2, 0) is 18.3 Å². The minimum atomic E-state index is -0.00907. The number of para-hydroxylation sites is 1. The summed E-state index contributed by atoms with van der Waals surface area (Å²) in [6, 6.07) is 9.96. The fourth-order valence-electron chi connectivity index (χ4n) is 2.81. The summed E-state index contributed by atoms with van der Waals surface area (Å²) in [5, 5.41) is 8.37. The van der Waals surface area contributed by atoms with Crippen LogP contribution in [0.25, 0.3) is 10.9 Å². The number of nitrogens with one attached hydrogen (secondary N) is 2. The van der Waals surface area contributed by atoms with Crippen molar-refractivity contribution < 1.29 is 4.79 Å². The summed E-state index contributed by atoms with van der Waals surface area (Å²) in [5.74, 6) is 0.0257. The van der Waals surface area contributed by atoms with Gasteiger partial charge >= 0.3 is 0 Å². The van der Waals surface area contributed by atoms with Gasteiger partial charge in [-0.05, 0) is 24.1 Å². The van der Waals surface area contributed by atoms with Crippen LogP contribution in [0.2, 0.25) is 0 Å². The van der Waals surface area contributed by atoms with Gasteiger partial charge in [-0.25, -0.2) is 0 Å². The van der Waals surface area contributed by atoms with E-state index in [0.29, 0.717) is 6.42 Å².